The summed E-state index contributed by atoms with van der Waals surface area (Å²) in [7, 11) is -3.44. The van der Waals surface area contributed by atoms with Gasteiger partial charge in [-0.1, -0.05) is 12.1 Å². The molecular formula is C12H14FNO4S. The van der Waals surface area contributed by atoms with Gasteiger partial charge in [-0.3, -0.25) is 4.18 Å². The molecule has 5 nitrogen and oxygen atoms in total. The minimum atomic E-state index is -3.44. The quantitative estimate of drug-likeness (QED) is 0.788. The summed E-state index contributed by atoms with van der Waals surface area (Å²) >= 11 is 0. The van der Waals surface area contributed by atoms with Gasteiger partial charge < -0.3 is 4.52 Å². The second kappa shape index (κ2) is 5.26. The van der Waals surface area contributed by atoms with E-state index in [0.717, 1.165) is 11.6 Å². The molecule has 0 aliphatic heterocycles. The van der Waals surface area contributed by atoms with Gasteiger partial charge >= 0.3 is 0 Å². The molecule has 1 atom stereocenters. The highest BCUT2D eigenvalue weighted by Gasteiger charge is 2.14. The summed E-state index contributed by atoms with van der Waals surface area (Å²) in [4.78, 5) is 0. The van der Waals surface area contributed by atoms with Gasteiger partial charge in [-0.2, -0.15) is 8.42 Å². The first-order valence-corrected chi connectivity index (χ1v) is 7.55. The Morgan fingerprint density at radius 2 is 2.21 bits per heavy atom. The summed E-state index contributed by atoms with van der Waals surface area (Å²) in [5, 5.41) is 4.60. The fourth-order valence-electron chi connectivity index (χ4n) is 1.74. The molecule has 1 heterocycles. The molecule has 0 radical (unpaired) electrons. The molecule has 1 aromatic heterocycles. The van der Waals surface area contributed by atoms with Gasteiger partial charge in [0.1, 0.15) is 5.82 Å². The van der Waals surface area contributed by atoms with Gasteiger partial charge in [-0.25, -0.2) is 4.39 Å². The van der Waals surface area contributed by atoms with Crippen molar-refractivity contribution in [1.82, 2.24) is 5.16 Å². The Morgan fingerprint density at radius 3 is 2.89 bits per heavy atom. The molecule has 19 heavy (non-hydrogen) atoms. The minimum absolute atomic E-state index is 0.0481. The lowest BCUT2D eigenvalue weighted by atomic mass is 10.0. The molecule has 0 fully saturated rings. The Labute approximate surface area is 110 Å². The van der Waals surface area contributed by atoms with Crippen molar-refractivity contribution in [3.05, 3.63) is 29.7 Å². The van der Waals surface area contributed by atoms with Crippen LogP contribution in [0.3, 0.4) is 0 Å². The molecule has 0 spiro atoms. The van der Waals surface area contributed by atoms with Gasteiger partial charge in [-0.05, 0) is 24.5 Å². The number of fused-ring (bicyclic) bond motifs is 1. The van der Waals surface area contributed by atoms with Crippen LogP contribution in [-0.4, -0.2) is 26.4 Å². The molecular weight excluding hydrogens is 273 g/mol. The maximum absolute atomic E-state index is 13.0. The normalized spacial score (nSPS) is 13.8. The van der Waals surface area contributed by atoms with Crippen LogP contribution < -0.4 is 0 Å². The lowest BCUT2D eigenvalue weighted by Gasteiger charge is -2.08. The van der Waals surface area contributed by atoms with Crippen LogP contribution >= 0.6 is 0 Å². The molecule has 2 rings (SSSR count). The number of benzene rings is 1. The van der Waals surface area contributed by atoms with Gasteiger partial charge in [0.25, 0.3) is 10.1 Å². The van der Waals surface area contributed by atoms with Crippen molar-refractivity contribution in [3.8, 4) is 0 Å². The zero-order valence-electron chi connectivity index (χ0n) is 10.6. The lowest BCUT2D eigenvalue weighted by molar-refractivity contribution is 0.264. The van der Waals surface area contributed by atoms with Crippen LogP contribution in [0.5, 0.6) is 0 Å². The summed E-state index contributed by atoms with van der Waals surface area (Å²) in [6.07, 6.45) is 1.50. The standard InChI is InChI=1S/C12H14FNO4S/c1-8(7-17-19(2,15)16)5-11-10-4-3-9(13)6-12(10)18-14-11/h3-4,6,8H,5,7H2,1-2H3. The number of rotatable bonds is 5. The molecule has 0 N–H and O–H groups in total. The van der Waals surface area contributed by atoms with Crippen LogP contribution in [0, 0.1) is 11.7 Å². The molecule has 0 aliphatic rings. The lowest BCUT2D eigenvalue weighted by Crippen LogP contribution is -2.13. The Balaban J connectivity index is 2.09. The molecule has 7 heteroatoms. The van der Waals surface area contributed by atoms with Crippen molar-refractivity contribution < 1.29 is 21.5 Å². The van der Waals surface area contributed by atoms with E-state index in [1.807, 2.05) is 6.92 Å². The zero-order valence-corrected chi connectivity index (χ0v) is 11.4. The third-order valence-electron chi connectivity index (χ3n) is 2.62. The predicted octanol–water partition coefficient (Wildman–Crippen LogP) is 2.12. The Bertz CT molecular complexity index is 680. The maximum Gasteiger partial charge on any atom is 0.264 e. The minimum Gasteiger partial charge on any atom is -0.356 e. The first-order valence-electron chi connectivity index (χ1n) is 5.73. The van der Waals surface area contributed by atoms with E-state index >= 15 is 0 Å². The monoisotopic (exact) mass is 287 g/mol. The summed E-state index contributed by atoms with van der Waals surface area (Å²) in [5.74, 6) is -0.434. The van der Waals surface area contributed by atoms with Crippen LogP contribution in [0.1, 0.15) is 12.6 Å². The van der Waals surface area contributed by atoms with E-state index in [1.54, 1.807) is 6.07 Å². The summed E-state index contributed by atoms with van der Waals surface area (Å²) in [6, 6.07) is 4.20. The Hall–Kier alpha value is -1.47. The highest BCUT2D eigenvalue weighted by atomic mass is 32.2. The largest absolute Gasteiger partial charge is 0.356 e. The van der Waals surface area contributed by atoms with E-state index in [1.165, 1.54) is 12.1 Å². The van der Waals surface area contributed by atoms with Crippen molar-refractivity contribution >= 4 is 21.1 Å². The smallest absolute Gasteiger partial charge is 0.264 e. The van der Waals surface area contributed by atoms with Gasteiger partial charge in [0.05, 0.1) is 18.6 Å². The second-order valence-electron chi connectivity index (χ2n) is 4.57. The van der Waals surface area contributed by atoms with Crippen molar-refractivity contribution in [1.29, 1.82) is 0 Å². The van der Waals surface area contributed by atoms with Gasteiger partial charge in [0.15, 0.2) is 5.58 Å². The first-order chi connectivity index (χ1) is 8.85. The average molecular weight is 287 g/mol. The van der Waals surface area contributed by atoms with E-state index in [0.29, 0.717) is 17.7 Å². The SMILES string of the molecule is CC(COS(C)(=O)=O)Cc1noc2cc(F)ccc12. The highest BCUT2D eigenvalue weighted by molar-refractivity contribution is 7.85. The highest BCUT2D eigenvalue weighted by Crippen LogP contribution is 2.22. The molecule has 0 saturated carbocycles. The molecule has 0 aliphatic carbocycles. The van der Waals surface area contributed by atoms with Gasteiger partial charge in [0, 0.05) is 11.5 Å². The van der Waals surface area contributed by atoms with Crippen molar-refractivity contribution in [2.75, 3.05) is 12.9 Å². The van der Waals surface area contributed by atoms with Crippen molar-refractivity contribution in [3.63, 3.8) is 0 Å². The van der Waals surface area contributed by atoms with Gasteiger partial charge in [0.2, 0.25) is 0 Å². The summed E-state index contributed by atoms with van der Waals surface area (Å²) < 4.78 is 44.5. The molecule has 0 bridgehead atoms. The summed E-state index contributed by atoms with van der Waals surface area (Å²) in [5.41, 5.74) is 1.05. The van der Waals surface area contributed by atoms with E-state index in [2.05, 4.69) is 5.16 Å². The number of hydrogen-bond acceptors (Lipinski definition) is 5. The Kier molecular flexibility index (Phi) is 3.86. The third-order valence-corrected chi connectivity index (χ3v) is 3.18. The predicted molar refractivity (Wildman–Crippen MR) is 67.6 cm³/mol. The fraction of sp³-hybridized carbons (Fsp3) is 0.417. The first kappa shape index (κ1) is 14.0. The maximum atomic E-state index is 13.0. The topological polar surface area (TPSA) is 69.4 Å². The van der Waals surface area contributed by atoms with Crippen molar-refractivity contribution in [2.24, 2.45) is 5.92 Å². The van der Waals surface area contributed by atoms with Crippen LogP contribution in [0.15, 0.2) is 22.7 Å². The third kappa shape index (κ3) is 3.74. The van der Waals surface area contributed by atoms with Crippen LogP contribution in [0.4, 0.5) is 4.39 Å². The molecule has 0 saturated heterocycles. The molecule has 1 unspecified atom stereocenters. The van der Waals surface area contributed by atoms with E-state index in [-0.39, 0.29) is 18.3 Å². The molecule has 0 amide bonds. The second-order valence-corrected chi connectivity index (χ2v) is 6.21. The average Bonchev–Trinajstić information content (AvgIpc) is 2.68. The molecule has 104 valence electrons. The summed E-state index contributed by atoms with van der Waals surface area (Å²) in [6.45, 7) is 1.92. The Morgan fingerprint density at radius 1 is 1.47 bits per heavy atom. The number of hydrogen-bond donors (Lipinski definition) is 0. The van der Waals surface area contributed by atoms with Gasteiger partial charge in [-0.15, -0.1) is 0 Å². The fourth-order valence-corrected chi connectivity index (χ4v) is 2.22. The zero-order chi connectivity index (χ0) is 14.0. The molecule has 1 aromatic carbocycles. The van der Waals surface area contributed by atoms with Crippen LogP contribution in [0.2, 0.25) is 0 Å². The molecule has 2 aromatic rings. The number of halogens is 1. The van der Waals surface area contributed by atoms with E-state index in [9.17, 15) is 12.8 Å². The van der Waals surface area contributed by atoms with E-state index in [4.69, 9.17) is 8.71 Å². The van der Waals surface area contributed by atoms with Crippen molar-refractivity contribution in [2.45, 2.75) is 13.3 Å². The van der Waals surface area contributed by atoms with E-state index < -0.39 is 10.1 Å². The van der Waals surface area contributed by atoms with Crippen LogP contribution in [0.25, 0.3) is 11.0 Å². The number of nitrogens with zero attached hydrogens (tertiary/aromatic N) is 1. The van der Waals surface area contributed by atoms with Crippen LogP contribution in [-0.2, 0) is 20.7 Å². The number of aromatic nitrogens is 1.